The molecule has 1 aromatic rings. The number of halogens is 2. The van der Waals surface area contributed by atoms with E-state index in [4.69, 9.17) is 5.11 Å². The first-order valence-corrected chi connectivity index (χ1v) is 6.11. The fraction of sp³-hybridized carbons (Fsp3) is 0.429. The molecule has 1 amide bonds. The van der Waals surface area contributed by atoms with Crippen molar-refractivity contribution in [3.8, 4) is 0 Å². The van der Waals surface area contributed by atoms with Crippen molar-refractivity contribution in [1.29, 1.82) is 0 Å². The van der Waals surface area contributed by atoms with Crippen molar-refractivity contribution >= 4 is 11.9 Å². The average Bonchev–Trinajstić information content (AvgIpc) is 2.30. The Hall–Kier alpha value is -1.98. The van der Waals surface area contributed by atoms with Crippen LogP contribution in [0.1, 0.15) is 37.6 Å². The minimum atomic E-state index is -1.11. The van der Waals surface area contributed by atoms with Crippen molar-refractivity contribution in [1.82, 2.24) is 4.90 Å². The molecule has 0 bridgehead atoms. The van der Waals surface area contributed by atoms with Crippen molar-refractivity contribution in [2.24, 2.45) is 0 Å². The SMILES string of the molecule is CC(C)(C)N(CCC(=O)O)C(=O)c1ccc(F)c(F)c1. The Balaban J connectivity index is 3.03. The maximum absolute atomic E-state index is 13.2. The first-order valence-electron chi connectivity index (χ1n) is 6.11. The van der Waals surface area contributed by atoms with E-state index < -0.39 is 29.0 Å². The molecule has 0 saturated heterocycles. The van der Waals surface area contributed by atoms with Crippen LogP contribution < -0.4 is 0 Å². The summed E-state index contributed by atoms with van der Waals surface area (Å²) in [4.78, 5) is 24.3. The van der Waals surface area contributed by atoms with Crippen LogP contribution in [0.25, 0.3) is 0 Å². The van der Waals surface area contributed by atoms with Gasteiger partial charge in [-0.25, -0.2) is 8.78 Å². The number of hydrogen-bond acceptors (Lipinski definition) is 2. The predicted molar refractivity (Wildman–Crippen MR) is 69.4 cm³/mol. The number of nitrogens with zero attached hydrogens (tertiary/aromatic N) is 1. The van der Waals surface area contributed by atoms with Gasteiger partial charge >= 0.3 is 5.97 Å². The van der Waals surface area contributed by atoms with Gasteiger partial charge in [0.15, 0.2) is 11.6 Å². The quantitative estimate of drug-likeness (QED) is 0.925. The first kappa shape index (κ1) is 16.1. The number of aliphatic carboxylic acids is 1. The van der Waals surface area contributed by atoms with Crippen LogP contribution in [-0.4, -0.2) is 34.0 Å². The molecule has 4 nitrogen and oxygen atoms in total. The smallest absolute Gasteiger partial charge is 0.305 e. The normalized spacial score (nSPS) is 11.2. The second-order valence-corrected chi connectivity index (χ2v) is 5.40. The van der Waals surface area contributed by atoms with E-state index >= 15 is 0 Å². The summed E-state index contributed by atoms with van der Waals surface area (Å²) >= 11 is 0. The largest absolute Gasteiger partial charge is 0.481 e. The van der Waals surface area contributed by atoms with Crippen LogP contribution in [0.2, 0.25) is 0 Å². The lowest BCUT2D eigenvalue weighted by Crippen LogP contribution is -2.46. The van der Waals surface area contributed by atoms with Crippen molar-refractivity contribution < 1.29 is 23.5 Å². The van der Waals surface area contributed by atoms with Gasteiger partial charge in [0.25, 0.3) is 5.91 Å². The van der Waals surface area contributed by atoms with Crippen molar-refractivity contribution in [2.45, 2.75) is 32.7 Å². The summed E-state index contributed by atoms with van der Waals surface area (Å²) in [5, 5.41) is 8.71. The second-order valence-electron chi connectivity index (χ2n) is 5.40. The van der Waals surface area contributed by atoms with Gasteiger partial charge in [-0.1, -0.05) is 0 Å². The minimum Gasteiger partial charge on any atom is -0.481 e. The van der Waals surface area contributed by atoms with E-state index in [1.807, 2.05) is 0 Å². The zero-order chi connectivity index (χ0) is 15.5. The van der Waals surface area contributed by atoms with E-state index in [0.29, 0.717) is 0 Å². The van der Waals surface area contributed by atoms with Gasteiger partial charge in [0.1, 0.15) is 0 Å². The highest BCUT2D eigenvalue weighted by molar-refractivity contribution is 5.94. The van der Waals surface area contributed by atoms with Crippen LogP contribution in [0.15, 0.2) is 18.2 Å². The van der Waals surface area contributed by atoms with Crippen LogP contribution in [0.3, 0.4) is 0 Å². The maximum Gasteiger partial charge on any atom is 0.305 e. The van der Waals surface area contributed by atoms with E-state index in [1.165, 1.54) is 11.0 Å². The Morgan fingerprint density at radius 1 is 1.20 bits per heavy atom. The lowest BCUT2D eigenvalue weighted by Gasteiger charge is -2.35. The molecule has 6 heteroatoms. The van der Waals surface area contributed by atoms with Crippen LogP contribution >= 0.6 is 0 Å². The minimum absolute atomic E-state index is 0.00331. The summed E-state index contributed by atoms with van der Waals surface area (Å²) in [7, 11) is 0. The number of carboxylic acid groups (broad SMARTS) is 1. The number of rotatable bonds is 4. The maximum atomic E-state index is 13.2. The summed E-state index contributed by atoms with van der Waals surface area (Å²) in [6, 6.07) is 2.87. The summed E-state index contributed by atoms with van der Waals surface area (Å²) < 4.78 is 26.0. The number of carbonyl (C=O) groups excluding carboxylic acids is 1. The lowest BCUT2D eigenvalue weighted by atomic mass is 10.0. The molecule has 1 aromatic carbocycles. The van der Waals surface area contributed by atoms with E-state index in [1.54, 1.807) is 20.8 Å². The monoisotopic (exact) mass is 285 g/mol. The molecule has 0 aromatic heterocycles. The van der Waals surface area contributed by atoms with E-state index in [-0.39, 0.29) is 18.5 Å². The molecule has 0 aliphatic rings. The van der Waals surface area contributed by atoms with Crippen LogP contribution in [-0.2, 0) is 4.79 Å². The van der Waals surface area contributed by atoms with E-state index in [9.17, 15) is 18.4 Å². The fourth-order valence-corrected chi connectivity index (χ4v) is 1.73. The molecule has 0 radical (unpaired) electrons. The molecule has 1 N–H and O–H groups in total. The third kappa shape index (κ3) is 4.01. The molecule has 0 aliphatic heterocycles. The summed E-state index contributed by atoms with van der Waals surface area (Å²) in [6.07, 6.45) is -0.216. The Morgan fingerprint density at radius 2 is 1.80 bits per heavy atom. The summed E-state index contributed by atoms with van der Waals surface area (Å²) in [5.41, 5.74) is -0.638. The van der Waals surface area contributed by atoms with Gasteiger partial charge in [-0.15, -0.1) is 0 Å². The summed E-state index contributed by atoms with van der Waals surface area (Å²) in [6.45, 7) is 5.22. The van der Waals surface area contributed by atoms with Crippen LogP contribution in [0, 0.1) is 11.6 Å². The standard InChI is InChI=1S/C14H17F2NO3/c1-14(2,3)17(7-6-12(18)19)13(20)9-4-5-10(15)11(16)8-9/h4-5,8H,6-7H2,1-3H3,(H,18,19). The molecule has 110 valence electrons. The van der Waals surface area contributed by atoms with Gasteiger partial charge in [0.05, 0.1) is 6.42 Å². The molecule has 0 unspecified atom stereocenters. The molecule has 0 heterocycles. The van der Waals surface area contributed by atoms with Crippen LogP contribution in [0.4, 0.5) is 8.78 Å². The highest BCUT2D eigenvalue weighted by Gasteiger charge is 2.28. The molecule has 0 atom stereocenters. The molecule has 0 saturated carbocycles. The molecular weight excluding hydrogens is 268 g/mol. The van der Waals surface area contributed by atoms with Crippen LogP contribution in [0.5, 0.6) is 0 Å². The van der Waals surface area contributed by atoms with Gasteiger partial charge in [-0.2, -0.15) is 0 Å². The Kier molecular flexibility index (Phi) is 4.81. The number of carboxylic acids is 1. The number of amides is 1. The molecular formula is C14H17F2NO3. The Bertz CT molecular complexity index is 524. The molecule has 1 rings (SSSR count). The van der Waals surface area contributed by atoms with Crippen molar-refractivity contribution in [2.75, 3.05) is 6.54 Å². The highest BCUT2D eigenvalue weighted by atomic mass is 19.2. The van der Waals surface area contributed by atoms with Crippen molar-refractivity contribution in [3.63, 3.8) is 0 Å². The molecule has 0 fully saturated rings. The predicted octanol–water partition coefficient (Wildman–Crippen LogP) is 2.68. The summed E-state index contributed by atoms with van der Waals surface area (Å²) in [5.74, 6) is -3.70. The van der Waals surface area contributed by atoms with Gasteiger partial charge in [0.2, 0.25) is 0 Å². The molecule has 20 heavy (non-hydrogen) atoms. The van der Waals surface area contributed by atoms with Gasteiger partial charge in [-0.05, 0) is 39.0 Å². The number of hydrogen-bond donors (Lipinski definition) is 1. The van der Waals surface area contributed by atoms with E-state index in [0.717, 1.165) is 12.1 Å². The third-order valence-corrected chi connectivity index (χ3v) is 2.77. The highest BCUT2D eigenvalue weighted by Crippen LogP contribution is 2.19. The zero-order valence-corrected chi connectivity index (χ0v) is 11.6. The van der Waals surface area contributed by atoms with Gasteiger partial charge in [-0.3, -0.25) is 9.59 Å². The molecule has 0 aliphatic carbocycles. The third-order valence-electron chi connectivity index (χ3n) is 2.77. The number of carbonyl (C=O) groups is 2. The number of benzene rings is 1. The van der Waals surface area contributed by atoms with Crippen molar-refractivity contribution in [3.05, 3.63) is 35.4 Å². The average molecular weight is 285 g/mol. The Labute approximate surface area is 116 Å². The van der Waals surface area contributed by atoms with Gasteiger partial charge in [0, 0.05) is 17.6 Å². The fourth-order valence-electron chi connectivity index (χ4n) is 1.73. The molecule has 0 spiro atoms. The lowest BCUT2D eigenvalue weighted by molar-refractivity contribution is -0.137. The van der Waals surface area contributed by atoms with Gasteiger partial charge < -0.3 is 10.0 Å². The first-order chi connectivity index (χ1) is 9.12. The topological polar surface area (TPSA) is 57.6 Å². The van der Waals surface area contributed by atoms with E-state index in [2.05, 4.69) is 0 Å². The zero-order valence-electron chi connectivity index (χ0n) is 11.6. The Morgan fingerprint density at radius 3 is 2.25 bits per heavy atom. The second kappa shape index (κ2) is 5.98.